The molecule has 0 unspecified atom stereocenters. The van der Waals surface area contributed by atoms with Crippen molar-refractivity contribution in [3.8, 4) is 5.75 Å². The highest BCUT2D eigenvalue weighted by Gasteiger charge is 2.05. The molecule has 0 atom stereocenters. The molecule has 0 fully saturated rings. The molecule has 0 aliphatic heterocycles. The van der Waals surface area contributed by atoms with Crippen LogP contribution < -0.4 is 4.74 Å². The second-order valence-electron chi connectivity index (χ2n) is 4.06. The van der Waals surface area contributed by atoms with Crippen LogP contribution in [0.15, 0.2) is 43.1 Å². The molecule has 0 bridgehead atoms. The number of hydrogen-bond donors (Lipinski definition) is 0. The van der Waals surface area contributed by atoms with Crippen LogP contribution in [0.2, 0.25) is 0 Å². The van der Waals surface area contributed by atoms with Gasteiger partial charge in [-0.15, -0.1) is 6.58 Å². The van der Waals surface area contributed by atoms with Crippen LogP contribution in [0.3, 0.4) is 0 Å². The van der Waals surface area contributed by atoms with E-state index in [0.29, 0.717) is 6.61 Å². The average molecular weight is 229 g/mol. The van der Waals surface area contributed by atoms with E-state index in [1.807, 2.05) is 19.1 Å². The molecule has 2 rings (SSSR count). The van der Waals surface area contributed by atoms with Crippen LogP contribution in [-0.2, 0) is 6.54 Å². The third-order valence-electron chi connectivity index (χ3n) is 2.88. The summed E-state index contributed by atoms with van der Waals surface area (Å²) in [5.41, 5.74) is 1.25. The molecule has 0 radical (unpaired) electrons. The Bertz CT molecular complexity index is 499. The summed E-state index contributed by atoms with van der Waals surface area (Å²) in [6.07, 6.45) is 6.30. The molecule has 0 aliphatic rings. The topological polar surface area (TPSA) is 14.2 Å². The lowest BCUT2D eigenvalue weighted by atomic mass is 10.2. The summed E-state index contributed by atoms with van der Waals surface area (Å²) in [6, 6.07) is 8.36. The van der Waals surface area contributed by atoms with Gasteiger partial charge in [0.15, 0.2) is 0 Å². The Morgan fingerprint density at radius 2 is 2.24 bits per heavy atom. The fourth-order valence-electron chi connectivity index (χ4n) is 2.08. The second kappa shape index (κ2) is 5.58. The van der Waals surface area contributed by atoms with Crippen molar-refractivity contribution in [2.24, 2.45) is 0 Å². The monoisotopic (exact) mass is 229 g/mol. The Morgan fingerprint density at radius 3 is 3.00 bits per heavy atom. The summed E-state index contributed by atoms with van der Waals surface area (Å²) in [4.78, 5) is 0. The number of hydrogen-bond acceptors (Lipinski definition) is 1. The number of unbranched alkanes of at least 4 members (excludes halogenated alkanes) is 1. The van der Waals surface area contributed by atoms with Gasteiger partial charge in [0, 0.05) is 18.1 Å². The van der Waals surface area contributed by atoms with Crippen LogP contribution in [0.25, 0.3) is 10.9 Å². The van der Waals surface area contributed by atoms with E-state index >= 15 is 0 Å². The van der Waals surface area contributed by atoms with Crippen LogP contribution in [0, 0.1) is 0 Å². The van der Waals surface area contributed by atoms with Gasteiger partial charge in [-0.05, 0) is 38.0 Å². The molecular weight excluding hydrogens is 210 g/mol. The summed E-state index contributed by atoms with van der Waals surface area (Å²) in [5.74, 6) is 0.979. The van der Waals surface area contributed by atoms with Crippen LogP contribution in [0.5, 0.6) is 5.75 Å². The number of rotatable bonds is 6. The standard InChI is InChI=1S/C15H19NO/c1-3-5-6-11-16-12-10-13-14(16)8-7-9-15(13)17-4-2/h3,7-10,12H,1,4-6,11H2,2H3. The largest absolute Gasteiger partial charge is 0.493 e. The number of benzene rings is 1. The van der Waals surface area contributed by atoms with Gasteiger partial charge in [0.1, 0.15) is 5.75 Å². The van der Waals surface area contributed by atoms with Crippen molar-refractivity contribution in [2.45, 2.75) is 26.3 Å². The number of aromatic nitrogens is 1. The average Bonchev–Trinajstić information content (AvgIpc) is 2.75. The molecule has 90 valence electrons. The summed E-state index contributed by atoms with van der Waals surface area (Å²) >= 11 is 0. The van der Waals surface area contributed by atoms with E-state index < -0.39 is 0 Å². The van der Waals surface area contributed by atoms with Gasteiger partial charge in [0.05, 0.1) is 12.1 Å². The zero-order valence-corrected chi connectivity index (χ0v) is 10.4. The summed E-state index contributed by atoms with van der Waals surface area (Å²) < 4.78 is 7.91. The summed E-state index contributed by atoms with van der Waals surface area (Å²) in [7, 11) is 0. The Hall–Kier alpha value is -1.70. The van der Waals surface area contributed by atoms with Gasteiger partial charge in [0.25, 0.3) is 0 Å². The molecule has 2 heteroatoms. The van der Waals surface area contributed by atoms with Crippen molar-refractivity contribution in [1.29, 1.82) is 0 Å². The maximum absolute atomic E-state index is 5.63. The normalized spacial score (nSPS) is 10.6. The molecule has 17 heavy (non-hydrogen) atoms. The lowest BCUT2D eigenvalue weighted by Gasteiger charge is -2.07. The third kappa shape index (κ3) is 2.52. The van der Waals surface area contributed by atoms with Crippen LogP contribution >= 0.6 is 0 Å². The van der Waals surface area contributed by atoms with Crippen LogP contribution in [0.1, 0.15) is 19.8 Å². The highest BCUT2D eigenvalue weighted by atomic mass is 16.5. The van der Waals surface area contributed by atoms with Gasteiger partial charge in [-0.3, -0.25) is 0 Å². The van der Waals surface area contributed by atoms with E-state index in [4.69, 9.17) is 4.74 Å². The van der Waals surface area contributed by atoms with Gasteiger partial charge in [0.2, 0.25) is 0 Å². The third-order valence-corrected chi connectivity index (χ3v) is 2.88. The predicted molar refractivity (Wildman–Crippen MR) is 72.5 cm³/mol. The van der Waals surface area contributed by atoms with Gasteiger partial charge >= 0.3 is 0 Å². The van der Waals surface area contributed by atoms with E-state index in [0.717, 1.165) is 25.1 Å². The van der Waals surface area contributed by atoms with Crippen molar-refractivity contribution in [3.05, 3.63) is 43.1 Å². The highest BCUT2D eigenvalue weighted by Crippen LogP contribution is 2.26. The number of ether oxygens (including phenoxy) is 1. The Labute approximate surface area is 103 Å². The molecule has 0 aliphatic carbocycles. The van der Waals surface area contributed by atoms with Gasteiger partial charge in [-0.2, -0.15) is 0 Å². The maximum atomic E-state index is 5.63. The molecule has 1 aromatic carbocycles. The minimum atomic E-state index is 0.709. The SMILES string of the molecule is C=CCCCn1ccc2c(OCC)cccc21. The lowest BCUT2D eigenvalue weighted by molar-refractivity contribution is 0.344. The predicted octanol–water partition coefficient (Wildman–Crippen LogP) is 4.01. The molecule has 0 saturated carbocycles. The lowest BCUT2D eigenvalue weighted by Crippen LogP contribution is -1.96. The molecule has 2 aromatic rings. The first kappa shape index (κ1) is 11.8. The van der Waals surface area contributed by atoms with Crippen LogP contribution in [0.4, 0.5) is 0 Å². The fraction of sp³-hybridized carbons (Fsp3) is 0.333. The number of allylic oxidation sites excluding steroid dienone is 1. The molecule has 0 saturated heterocycles. The zero-order chi connectivity index (χ0) is 12.1. The Balaban J connectivity index is 2.27. The number of fused-ring (bicyclic) bond motifs is 1. The number of aryl methyl sites for hydroxylation is 1. The quantitative estimate of drug-likeness (QED) is 0.539. The fourth-order valence-corrected chi connectivity index (χ4v) is 2.08. The Morgan fingerprint density at radius 1 is 1.35 bits per heavy atom. The van der Waals surface area contributed by atoms with Crippen molar-refractivity contribution < 1.29 is 4.74 Å². The van der Waals surface area contributed by atoms with Gasteiger partial charge < -0.3 is 9.30 Å². The molecule has 0 amide bonds. The van der Waals surface area contributed by atoms with E-state index in [9.17, 15) is 0 Å². The van der Waals surface area contributed by atoms with Crippen molar-refractivity contribution >= 4 is 10.9 Å². The van der Waals surface area contributed by atoms with E-state index in [1.165, 1.54) is 10.9 Å². The first-order valence-corrected chi connectivity index (χ1v) is 6.18. The van der Waals surface area contributed by atoms with Gasteiger partial charge in [-0.25, -0.2) is 0 Å². The maximum Gasteiger partial charge on any atom is 0.128 e. The highest BCUT2D eigenvalue weighted by molar-refractivity contribution is 5.86. The van der Waals surface area contributed by atoms with E-state index in [1.54, 1.807) is 0 Å². The molecule has 0 spiro atoms. The van der Waals surface area contributed by atoms with Crippen molar-refractivity contribution in [2.75, 3.05) is 6.61 Å². The zero-order valence-electron chi connectivity index (χ0n) is 10.4. The van der Waals surface area contributed by atoms with Crippen molar-refractivity contribution in [3.63, 3.8) is 0 Å². The molecule has 1 aromatic heterocycles. The minimum absolute atomic E-state index is 0.709. The molecule has 1 heterocycles. The number of nitrogens with zero attached hydrogens (tertiary/aromatic N) is 1. The summed E-state index contributed by atoms with van der Waals surface area (Å²) in [6.45, 7) is 7.51. The molecule has 0 N–H and O–H groups in total. The first-order valence-electron chi connectivity index (χ1n) is 6.18. The smallest absolute Gasteiger partial charge is 0.128 e. The van der Waals surface area contributed by atoms with E-state index in [2.05, 4.69) is 35.5 Å². The van der Waals surface area contributed by atoms with Crippen LogP contribution in [-0.4, -0.2) is 11.2 Å². The summed E-state index contributed by atoms with van der Waals surface area (Å²) in [5, 5.41) is 1.20. The minimum Gasteiger partial charge on any atom is -0.493 e. The molecular formula is C15H19NO. The molecule has 2 nitrogen and oxygen atoms in total. The van der Waals surface area contributed by atoms with Gasteiger partial charge in [-0.1, -0.05) is 12.1 Å². The Kier molecular flexibility index (Phi) is 3.86. The van der Waals surface area contributed by atoms with E-state index in [-0.39, 0.29) is 0 Å². The first-order chi connectivity index (χ1) is 8.36. The van der Waals surface area contributed by atoms with Crippen molar-refractivity contribution in [1.82, 2.24) is 4.57 Å². The second-order valence-corrected chi connectivity index (χ2v) is 4.06.